The molecule has 1 N–H and O–H groups in total. The Labute approximate surface area is 174 Å². The monoisotopic (exact) mass is 408 g/mol. The third-order valence-corrected chi connectivity index (χ3v) is 6.48. The molecule has 1 aromatic heterocycles. The highest BCUT2D eigenvalue weighted by molar-refractivity contribution is 6.05. The van der Waals surface area contributed by atoms with Crippen LogP contribution in [0.15, 0.2) is 35.1 Å². The smallest absolute Gasteiger partial charge is 0.255 e. The molecule has 2 saturated heterocycles. The Balaban J connectivity index is 1.25. The number of amides is 3. The highest BCUT2D eigenvalue weighted by Gasteiger charge is 2.39. The van der Waals surface area contributed by atoms with Gasteiger partial charge in [0.2, 0.25) is 11.8 Å². The third kappa shape index (κ3) is 3.52. The van der Waals surface area contributed by atoms with Crippen LogP contribution in [0.1, 0.15) is 58.8 Å². The van der Waals surface area contributed by atoms with Gasteiger partial charge in [-0.25, -0.2) is 0 Å². The Bertz CT molecular complexity index is 979. The fourth-order valence-corrected chi connectivity index (χ4v) is 4.82. The van der Waals surface area contributed by atoms with Crippen molar-refractivity contribution in [1.29, 1.82) is 0 Å². The van der Waals surface area contributed by atoms with Crippen LogP contribution in [0.2, 0.25) is 0 Å². The molecule has 3 amide bonds. The minimum atomic E-state index is -0.564. The Morgan fingerprint density at radius 2 is 1.93 bits per heavy atom. The van der Waals surface area contributed by atoms with Gasteiger partial charge in [0.1, 0.15) is 12.3 Å². The predicted octanol–water partition coefficient (Wildman–Crippen LogP) is 1.82. The van der Waals surface area contributed by atoms with Gasteiger partial charge in [0.25, 0.3) is 5.91 Å². The molecule has 3 aliphatic heterocycles. The number of carbonyl (C=O) groups is 3. The minimum absolute atomic E-state index is 0.117. The van der Waals surface area contributed by atoms with Crippen LogP contribution in [0.4, 0.5) is 0 Å². The first-order valence-electron chi connectivity index (χ1n) is 10.5. The first-order valence-corrected chi connectivity index (χ1v) is 10.5. The second kappa shape index (κ2) is 7.68. The van der Waals surface area contributed by atoms with E-state index in [0.29, 0.717) is 24.4 Å². The van der Waals surface area contributed by atoms with Gasteiger partial charge in [0.05, 0.1) is 5.69 Å². The molecule has 1 aromatic carbocycles. The summed E-state index contributed by atoms with van der Waals surface area (Å²) in [7, 11) is 0. The van der Waals surface area contributed by atoms with Gasteiger partial charge in [-0.05, 0) is 55.5 Å². The molecule has 5 rings (SSSR count). The van der Waals surface area contributed by atoms with E-state index in [0.717, 1.165) is 43.7 Å². The Morgan fingerprint density at radius 3 is 2.67 bits per heavy atom. The first-order chi connectivity index (χ1) is 14.6. The Kier molecular flexibility index (Phi) is 4.86. The van der Waals surface area contributed by atoms with Crippen LogP contribution in [0, 0.1) is 0 Å². The van der Waals surface area contributed by atoms with Crippen molar-refractivity contribution in [2.75, 3.05) is 13.1 Å². The van der Waals surface area contributed by atoms with Crippen molar-refractivity contribution < 1.29 is 18.9 Å². The number of carbonyl (C=O) groups excluding carboxylic acids is 3. The molecule has 8 heteroatoms. The molecule has 0 aliphatic carbocycles. The van der Waals surface area contributed by atoms with Crippen molar-refractivity contribution in [2.45, 2.75) is 50.7 Å². The van der Waals surface area contributed by atoms with Gasteiger partial charge in [0, 0.05) is 31.1 Å². The van der Waals surface area contributed by atoms with Crippen LogP contribution in [0.3, 0.4) is 0 Å². The number of rotatable bonds is 4. The minimum Gasteiger partial charge on any atom is -0.364 e. The number of nitrogens with one attached hydrogen (secondary N) is 1. The summed E-state index contributed by atoms with van der Waals surface area (Å²) in [5, 5.41) is 6.34. The van der Waals surface area contributed by atoms with E-state index in [4.69, 9.17) is 4.52 Å². The zero-order chi connectivity index (χ0) is 20.7. The van der Waals surface area contributed by atoms with Gasteiger partial charge >= 0.3 is 0 Å². The summed E-state index contributed by atoms with van der Waals surface area (Å²) in [6.45, 7) is 3.23. The van der Waals surface area contributed by atoms with E-state index in [1.807, 2.05) is 12.1 Å². The molecular weight excluding hydrogens is 384 g/mol. The molecule has 0 bridgehead atoms. The average Bonchev–Trinajstić information content (AvgIpc) is 3.36. The molecule has 8 nitrogen and oxygen atoms in total. The van der Waals surface area contributed by atoms with Crippen LogP contribution in [-0.2, 0) is 22.7 Å². The molecule has 0 spiro atoms. The van der Waals surface area contributed by atoms with Crippen LogP contribution in [-0.4, -0.2) is 51.8 Å². The maximum atomic E-state index is 12.8. The fourth-order valence-electron chi connectivity index (χ4n) is 4.82. The molecule has 1 atom stereocenters. The van der Waals surface area contributed by atoms with E-state index in [1.165, 1.54) is 5.56 Å². The Hall–Kier alpha value is -3.00. The van der Waals surface area contributed by atoms with Crippen LogP contribution in [0.5, 0.6) is 0 Å². The summed E-state index contributed by atoms with van der Waals surface area (Å²) in [6.07, 6.45) is 4.38. The molecule has 0 saturated carbocycles. The van der Waals surface area contributed by atoms with Crippen molar-refractivity contribution in [3.8, 4) is 0 Å². The molecule has 30 heavy (non-hydrogen) atoms. The molecule has 4 heterocycles. The van der Waals surface area contributed by atoms with E-state index in [2.05, 4.69) is 27.5 Å². The lowest BCUT2D eigenvalue weighted by atomic mass is 9.88. The average molecular weight is 408 g/mol. The van der Waals surface area contributed by atoms with Crippen molar-refractivity contribution in [3.63, 3.8) is 0 Å². The number of piperidine rings is 2. The normalized spacial score (nSPS) is 23.0. The van der Waals surface area contributed by atoms with E-state index >= 15 is 0 Å². The lowest BCUT2D eigenvalue weighted by molar-refractivity contribution is -0.136. The van der Waals surface area contributed by atoms with Gasteiger partial charge in [-0.3, -0.25) is 24.6 Å². The third-order valence-electron chi connectivity index (χ3n) is 6.48. The number of likely N-dealkylation sites (tertiary alicyclic amines) is 1. The van der Waals surface area contributed by atoms with E-state index in [9.17, 15) is 14.4 Å². The van der Waals surface area contributed by atoms with Crippen molar-refractivity contribution in [3.05, 3.63) is 52.9 Å². The SMILES string of the molecule is O=C1CCC(N2Cc3cc(C4CCN(Cc5ccon5)CC4)ccc3C2=O)C(=O)N1. The highest BCUT2D eigenvalue weighted by Crippen LogP contribution is 2.33. The maximum absolute atomic E-state index is 12.8. The highest BCUT2D eigenvalue weighted by atomic mass is 16.5. The summed E-state index contributed by atoms with van der Waals surface area (Å²) in [5.74, 6) is -0.290. The van der Waals surface area contributed by atoms with Crippen molar-refractivity contribution >= 4 is 17.7 Å². The molecule has 3 aliphatic rings. The van der Waals surface area contributed by atoms with Gasteiger partial charge in [-0.1, -0.05) is 17.3 Å². The number of hydrogen-bond donors (Lipinski definition) is 1. The summed E-state index contributed by atoms with van der Waals surface area (Å²) in [5.41, 5.74) is 3.87. The zero-order valence-corrected chi connectivity index (χ0v) is 16.7. The van der Waals surface area contributed by atoms with Crippen LogP contribution < -0.4 is 5.32 Å². The van der Waals surface area contributed by atoms with E-state index < -0.39 is 6.04 Å². The number of benzene rings is 1. The maximum Gasteiger partial charge on any atom is 0.255 e. The lowest BCUT2D eigenvalue weighted by Gasteiger charge is -2.31. The quantitative estimate of drug-likeness (QED) is 0.776. The number of hydrogen-bond acceptors (Lipinski definition) is 6. The number of fused-ring (bicyclic) bond motifs is 1. The summed E-state index contributed by atoms with van der Waals surface area (Å²) in [6, 6.07) is 7.43. The van der Waals surface area contributed by atoms with Crippen LogP contribution in [0.25, 0.3) is 0 Å². The Morgan fingerprint density at radius 1 is 1.10 bits per heavy atom. The second-order valence-electron chi connectivity index (χ2n) is 8.36. The molecule has 156 valence electrons. The summed E-state index contributed by atoms with van der Waals surface area (Å²) < 4.78 is 4.91. The molecule has 2 aromatic rings. The fraction of sp³-hybridized carbons (Fsp3) is 0.455. The standard InChI is InChI=1S/C22H24N4O4/c27-20-4-3-19(21(28)23-20)26-12-16-11-15(1-2-18(16)22(26)29)14-5-8-25(9-6-14)13-17-7-10-30-24-17/h1-2,7,10-11,14,19H,3-6,8-9,12-13H2,(H,23,27,28). The molecule has 1 unspecified atom stereocenters. The van der Waals surface area contributed by atoms with Crippen molar-refractivity contribution in [2.24, 2.45) is 0 Å². The van der Waals surface area contributed by atoms with Gasteiger partial charge in [0.15, 0.2) is 0 Å². The first kappa shape index (κ1) is 19.0. The molecule has 2 fully saturated rings. The van der Waals surface area contributed by atoms with Gasteiger partial charge in [-0.2, -0.15) is 0 Å². The zero-order valence-electron chi connectivity index (χ0n) is 16.7. The lowest BCUT2D eigenvalue weighted by Crippen LogP contribution is -2.52. The molecule has 0 radical (unpaired) electrons. The number of nitrogens with zero attached hydrogens (tertiary/aromatic N) is 3. The second-order valence-corrected chi connectivity index (χ2v) is 8.36. The number of imide groups is 1. The summed E-state index contributed by atoms with van der Waals surface area (Å²) >= 11 is 0. The topological polar surface area (TPSA) is 95.8 Å². The van der Waals surface area contributed by atoms with Crippen molar-refractivity contribution in [1.82, 2.24) is 20.3 Å². The van der Waals surface area contributed by atoms with E-state index in [1.54, 1.807) is 11.2 Å². The predicted molar refractivity (Wildman–Crippen MR) is 106 cm³/mol. The van der Waals surface area contributed by atoms with Gasteiger partial charge in [-0.15, -0.1) is 0 Å². The summed E-state index contributed by atoms with van der Waals surface area (Å²) in [4.78, 5) is 40.5. The van der Waals surface area contributed by atoms with Gasteiger partial charge < -0.3 is 9.42 Å². The van der Waals surface area contributed by atoms with E-state index in [-0.39, 0.29) is 24.1 Å². The molecular formula is C22H24N4O4. The largest absolute Gasteiger partial charge is 0.364 e. The number of aromatic nitrogens is 1. The van der Waals surface area contributed by atoms with Crippen LogP contribution >= 0.6 is 0 Å².